The molecule has 0 aliphatic heterocycles. The van der Waals surface area contributed by atoms with Crippen LogP contribution in [0.25, 0.3) is 5.65 Å². The van der Waals surface area contributed by atoms with E-state index < -0.39 is 17.5 Å². The molecule has 0 fully saturated rings. The Morgan fingerprint density at radius 1 is 1.16 bits per heavy atom. The van der Waals surface area contributed by atoms with Gasteiger partial charge in [0, 0.05) is 18.1 Å². The second-order valence-electron chi connectivity index (χ2n) is 3.97. The second kappa shape index (κ2) is 5.16. The molecule has 4 nitrogen and oxygen atoms in total. The molecule has 7 heteroatoms. The van der Waals surface area contributed by atoms with Gasteiger partial charge in [0.2, 0.25) is 5.60 Å². The number of hydrogen-bond donors (Lipinski definition) is 1. The highest BCUT2D eigenvalue weighted by molar-refractivity contribution is 5.38. The van der Waals surface area contributed by atoms with Gasteiger partial charge < -0.3 is 9.51 Å². The fourth-order valence-corrected chi connectivity index (χ4v) is 1.41. The molecule has 0 aromatic carbocycles. The predicted molar refractivity (Wildman–Crippen MR) is 64.7 cm³/mol. The molecule has 0 bridgehead atoms. The molecule has 2 heterocycles. The summed E-state index contributed by atoms with van der Waals surface area (Å²) in [5.74, 6) is 0. The Labute approximate surface area is 108 Å². The maximum Gasteiger partial charge on any atom is 0.422 e. The molecular weight excluding hydrogens is 259 g/mol. The summed E-state index contributed by atoms with van der Waals surface area (Å²) in [6.07, 6.45) is -0.918. The van der Waals surface area contributed by atoms with Crippen molar-refractivity contribution in [3.05, 3.63) is 30.0 Å². The molecule has 1 unspecified atom stereocenters. The van der Waals surface area contributed by atoms with Gasteiger partial charge in [-0.3, -0.25) is 4.98 Å². The fourth-order valence-electron chi connectivity index (χ4n) is 1.41. The summed E-state index contributed by atoms with van der Waals surface area (Å²) in [7, 11) is 0. The van der Waals surface area contributed by atoms with E-state index in [0.717, 1.165) is 6.20 Å². The van der Waals surface area contributed by atoms with Gasteiger partial charge in [-0.2, -0.15) is 13.2 Å². The van der Waals surface area contributed by atoms with Crippen LogP contribution in [0.5, 0.6) is 0 Å². The van der Waals surface area contributed by atoms with E-state index in [9.17, 15) is 18.3 Å². The number of aromatic nitrogens is 3. The topological polar surface area (TPSA) is 50.4 Å². The van der Waals surface area contributed by atoms with E-state index in [1.165, 1.54) is 16.8 Å². The van der Waals surface area contributed by atoms with E-state index in [1.807, 2.05) is 13.8 Å². The van der Waals surface area contributed by atoms with Crippen molar-refractivity contribution in [1.29, 1.82) is 0 Å². The third kappa shape index (κ3) is 2.70. The molecule has 0 saturated carbocycles. The molecule has 0 spiro atoms. The minimum atomic E-state index is -4.78. The zero-order chi connectivity index (χ0) is 14.8. The number of imidazole rings is 1. The Balaban J connectivity index is 0.000000861. The first-order valence-electron chi connectivity index (χ1n) is 5.83. The summed E-state index contributed by atoms with van der Waals surface area (Å²) >= 11 is 0. The van der Waals surface area contributed by atoms with Gasteiger partial charge in [-0.1, -0.05) is 13.8 Å². The number of hydrogen-bond acceptors (Lipinski definition) is 3. The number of alkyl halides is 3. The second-order valence-corrected chi connectivity index (χ2v) is 3.97. The first-order valence-corrected chi connectivity index (χ1v) is 5.83. The normalized spacial score (nSPS) is 14.7. The van der Waals surface area contributed by atoms with Crippen LogP contribution in [-0.2, 0) is 5.60 Å². The van der Waals surface area contributed by atoms with Gasteiger partial charge in [-0.05, 0) is 13.8 Å². The minimum Gasteiger partial charge on any atom is -0.375 e. The highest BCUT2D eigenvalue weighted by Gasteiger charge is 2.52. The SMILES string of the molecule is CC.Cc1cnc2cnc(C(C)(O)C(F)(F)F)cn12. The van der Waals surface area contributed by atoms with Crippen LogP contribution in [0.4, 0.5) is 13.2 Å². The highest BCUT2D eigenvalue weighted by atomic mass is 19.4. The van der Waals surface area contributed by atoms with E-state index in [4.69, 9.17) is 0 Å². The molecule has 19 heavy (non-hydrogen) atoms. The molecule has 0 radical (unpaired) electrons. The van der Waals surface area contributed by atoms with Gasteiger partial charge in [-0.25, -0.2) is 4.98 Å². The summed E-state index contributed by atoms with van der Waals surface area (Å²) in [6.45, 7) is 6.37. The van der Waals surface area contributed by atoms with Crippen molar-refractivity contribution < 1.29 is 18.3 Å². The molecule has 0 aliphatic carbocycles. The van der Waals surface area contributed by atoms with Crippen LogP contribution in [0.2, 0.25) is 0 Å². The van der Waals surface area contributed by atoms with Crippen LogP contribution in [0.3, 0.4) is 0 Å². The van der Waals surface area contributed by atoms with Crippen LogP contribution >= 0.6 is 0 Å². The van der Waals surface area contributed by atoms with Crippen LogP contribution in [0.15, 0.2) is 18.6 Å². The highest BCUT2D eigenvalue weighted by Crippen LogP contribution is 2.37. The Hall–Kier alpha value is -1.63. The van der Waals surface area contributed by atoms with Crippen LogP contribution < -0.4 is 0 Å². The van der Waals surface area contributed by atoms with Gasteiger partial charge in [0.05, 0.1) is 11.9 Å². The third-order valence-electron chi connectivity index (χ3n) is 2.63. The molecule has 106 valence electrons. The third-order valence-corrected chi connectivity index (χ3v) is 2.63. The molecule has 2 aromatic heterocycles. The lowest BCUT2D eigenvalue weighted by Crippen LogP contribution is -2.40. The zero-order valence-corrected chi connectivity index (χ0v) is 11.2. The zero-order valence-electron chi connectivity index (χ0n) is 11.2. The summed E-state index contributed by atoms with van der Waals surface area (Å²) < 4.78 is 39.3. The van der Waals surface area contributed by atoms with Crippen molar-refractivity contribution in [3.8, 4) is 0 Å². The number of halogens is 3. The lowest BCUT2D eigenvalue weighted by Gasteiger charge is -2.25. The maximum atomic E-state index is 12.6. The molecule has 1 atom stereocenters. The lowest BCUT2D eigenvalue weighted by molar-refractivity contribution is -0.260. The van der Waals surface area contributed by atoms with Crippen molar-refractivity contribution in [2.24, 2.45) is 0 Å². The van der Waals surface area contributed by atoms with E-state index in [0.29, 0.717) is 18.3 Å². The number of nitrogens with zero attached hydrogens (tertiary/aromatic N) is 3. The van der Waals surface area contributed by atoms with Crippen molar-refractivity contribution in [1.82, 2.24) is 14.4 Å². The summed E-state index contributed by atoms with van der Waals surface area (Å²) in [5, 5.41) is 9.49. The minimum absolute atomic E-state index is 0.434. The number of aliphatic hydroxyl groups is 1. The van der Waals surface area contributed by atoms with Crippen LogP contribution in [-0.4, -0.2) is 25.7 Å². The smallest absolute Gasteiger partial charge is 0.375 e. The van der Waals surface area contributed by atoms with Crippen LogP contribution in [0, 0.1) is 6.92 Å². The standard InChI is InChI=1S/C10H10F3N3O.C2H6/c1-6-3-15-8-4-14-7(5-16(6)8)9(2,17)10(11,12)13;1-2/h3-5,17H,1-2H3;1-2H3. The van der Waals surface area contributed by atoms with E-state index in [1.54, 1.807) is 6.92 Å². The van der Waals surface area contributed by atoms with Crippen LogP contribution in [0.1, 0.15) is 32.2 Å². The Morgan fingerprint density at radius 3 is 2.26 bits per heavy atom. The molecular formula is C12H16F3N3O. The Morgan fingerprint density at radius 2 is 1.74 bits per heavy atom. The molecule has 1 N–H and O–H groups in total. The van der Waals surface area contributed by atoms with E-state index >= 15 is 0 Å². The summed E-state index contributed by atoms with van der Waals surface area (Å²) in [4.78, 5) is 7.55. The van der Waals surface area contributed by atoms with Gasteiger partial charge in [0.15, 0.2) is 5.65 Å². The largest absolute Gasteiger partial charge is 0.422 e. The maximum absolute atomic E-state index is 12.6. The van der Waals surface area contributed by atoms with Gasteiger partial charge in [0.1, 0.15) is 0 Å². The summed E-state index contributed by atoms with van der Waals surface area (Å²) in [5.41, 5.74) is -2.33. The number of rotatable bonds is 1. The van der Waals surface area contributed by atoms with Crippen molar-refractivity contribution in [3.63, 3.8) is 0 Å². The monoisotopic (exact) mass is 275 g/mol. The Kier molecular flexibility index (Phi) is 4.19. The predicted octanol–water partition coefficient (Wildman–Crippen LogP) is 2.83. The summed E-state index contributed by atoms with van der Waals surface area (Å²) in [6, 6.07) is 0. The lowest BCUT2D eigenvalue weighted by atomic mass is 10.0. The number of fused-ring (bicyclic) bond motifs is 1. The van der Waals surface area contributed by atoms with Crippen molar-refractivity contribution in [2.75, 3.05) is 0 Å². The fraction of sp³-hybridized carbons (Fsp3) is 0.500. The van der Waals surface area contributed by atoms with Gasteiger partial charge in [0.25, 0.3) is 0 Å². The molecule has 2 rings (SSSR count). The van der Waals surface area contributed by atoms with Gasteiger partial charge in [-0.15, -0.1) is 0 Å². The van der Waals surface area contributed by atoms with Crippen molar-refractivity contribution >= 4 is 5.65 Å². The van der Waals surface area contributed by atoms with E-state index in [-0.39, 0.29) is 0 Å². The first-order chi connectivity index (χ1) is 8.73. The number of aryl methyl sites for hydroxylation is 1. The van der Waals surface area contributed by atoms with Crippen molar-refractivity contribution in [2.45, 2.75) is 39.5 Å². The quantitative estimate of drug-likeness (QED) is 0.870. The average molecular weight is 275 g/mol. The Bertz CT molecular complexity index is 561. The average Bonchev–Trinajstić information content (AvgIpc) is 2.72. The molecule has 2 aromatic rings. The van der Waals surface area contributed by atoms with E-state index in [2.05, 4.69) is 9.97 Å². The molecule has 0 saturated heterocycles. The van der Waals surface area contributed by atoms with Gasteiger partial charge >= 0.3 is 6.18 Å². The first kappa shape index (κ1) is 15.4. The molecule has 0 amide bonds. The molecule has 0 aliphatic rings.